The Morgan fingerprint density at radius 3 is 2.44 bits per heavy atom. The molecular weight excluding hydrogens is 555 g/mol. The Bertz CT molecular complexity index is 1220. The van der Waals surface area contributed by atoms with Gasteiger partial charge in [0.05, 0.1) is 23.4 Å². The van der Waals surface area contributed by atoms with Crippen molar-refractivity contribution >= 4 is 62.8 Å². The lowest BCUT2D eigenvalue weighted by atomic mass is 9.56. The highest BCUT2D eigenvalue weighted by molar-refractivity contribution is 9.10. The van der Waals surface area contributed by atoms with Gasteiger partial charge in [-0.3, -0.25) is 29.3 Å². The van der Waals surface area contributed by atoms with Crippen molar-refractivity contribution in [2.75, 3.05) is 14.2 Å². The number of phenols is 1. The van der Waals surface area contributed by atoms with E-state index in [9.17, 15) is 29.5 Å². The number of carbonyl (C=O) groups is 4. The molecule has 34 heavy (non-hydrogen) atoms. The molecule has 0 unspecified atom stereocenters. The first-order valence-electron chi connectivity index (χ1n) is 10.4. The third-order valence-corrected chi connectivity index (χ3v) is 9.61. The smallest absolute Gasteiger partial charge is 0.257 e. The molecule has 2 aliphatic heterocycles. The van der Waals surface area contributed by atoms with E-state index in [-0.39, 0.29) is 33.9 Å². The van der Waals surface area contributed by atoms with Crippen LogP contribution in [0.5, 0.6) is 11.5 Å². The van der Waals surface area contributed by atoms with Gasteiger partial charge in [-0.15, -0.1) is 23.2 Å². The van der Waals surface area contributed by atoms with Crippen LogP contribution in [0, 0.1) is 17.8 Å². The first-order chi connectivity index (χ1) is 15.9. The molecule has 0 spiro atoms. The number of amides is 4. The number of ether oxygens (including phenoxy) is 1. The number of hydrogen-bond donors (Lipinski definition) is 2. The maximum atomic E-state index is 13.4. The lowest BCUT2D eigenvalue weighted by molar-refractivity contribution is -0.173. The molecule has 6 atom stereocenters. The summed E-state index contributed by atoms with van der Waals surface area (Å²) in [5.74, 6) is -6.44. The molecule has 180 valence electrons. The highest BCUT2D eigenvalue weighted by Crippen LogP contribution is 2.65. The number of benzene rings is 1. The number of carbonyl (C=O) groups excluding carboxylic acids is 4. The van der Waals surface area contributed by atoms with Gasteiger partial charge in [0.1, 0.15) is 0 Å². The number of alkyl halides is 2. The first kappa shape index (κ1) is 23.6. The van der Waals surface area contributed by atoms with Crippen molar-refractivity contribution in [3.63, 3.8) is 0 Å². The van der Waals surface area contributed by atoms with Gasteiger partial charge < -0.3 is 9.84 Å². The summed E-state index contributed by atoms with van der Waals surface area (Å²) in [6.07, 6.45) is 1.72. The fourth-order valence-corrected chi connectivity index (χ4v) is 7.50. The number of methoxy groups -OCH3 is 1. The van der Waals surface area contributed by atoms with Gasteiger partial charge in [-0.1, -0.05) is 11.6 Å². The van der Waals surface area contributed by atoms with E-state index in [4.69, 9.17) is 27.9 Å². The van der Waals surface area contributed by atoms with Crippen LogP contribution >= 0.6 is 39.1 Å². The van der Waals surface area contributed by atoms with E-state index < -0.39 is 57.0 Å². The number of rotatable bonds is 2. The zero-order valence-electron chi connectivity index (χ0n) is 17.9. The lowest BCUT2D eigenvalue weighted by Gasteiger charge is -2.50. The first-order valence-corrected chi connectivity index (χ1v) is 12.0. The number of halogens is 3. The second-order valence-corrected chi connectivity index (χ2v) is 11.1. The fraction of sp³-hybridized carbons (Fsp3) is 0.455. The maximum absolute atomic E-state index is 13.4. The number of imide groups is 2. The van der Waals surface area contributed by atoms with Crippen LogP contribution in [0.25, 0.3) is 0 Å². The lowest BCUT2D eigenvalue weighted by Crippen LogP contribution is -2.60. The number of hydroxylamine groups is 2. The number of aromatic hydroxyl groups is 1. The summed E-state index contributed by atoms with van der Waals surface area (Å²) in [4.78, 5) is 49.0. The van der Waals surface area contributed by atoms with Gasteiger partial charge in [0.2, 0.25) is 0 Å². The van der Waals surface area contributed by atoms with Crippen molar-refractivity contribution < 1.29 is 34.2 Å². The van der Waals surface area contributed by atoms with E-state index in [1.54, 1.807) is 12.1 Å². The van der Waals surface area contributed by atoms with Gasteiger partial charge in [0.25, 0.3) is 23.6 Å². The van der Waals surface area contributed by atoms with Crippen molar-refractivity contribution in [3.8, 4) is 11.5 Å². The molecule has 1 saturated carbocycles. The summed E-state index contributed by atoms with van der Waals surface area (Å²) in [6.45, 7) is 0. The Labute approximate surface area is 212 Å². The van der Waals surface area contributed by atoms with E-state index in [0.717, 1.165) is 4.90 Å². The molecule has 0 radical (unpaired) electrons. The maximum Gasteiger partial charge on any atom is 0.257 e. The van der Waals surface area contributed by atoms with Gasteiger partial charge in [-0.2, -0.15) is 5.06 Å². The van der Waals surface area contributed by atoms with E-state index >= 15 is 0 Å². The molecule has 12 heteroatoms. The molecule has 4 aliphatic rings. The van der Waals surface area contributed by atoms with Crippen LogP contribution in [0.1, 0.15) is 24.3 Å². The third-order valence-electron chi connectivity index (χ3n) is 7.60. The predicted octanol–water partition coefficient (Wildman–Crippen LogP) is 2.54. The number of phenolic OH excluding ortho intramolecular Hbond substituents is 1. The summed E-state index contributed by atoms with van der Waals surface area (Å²) in [7, 11) is 2.65. The molecule has 2 aliphatic carbocycles. The van der Waals surface area contributed by atoms with E-state index in [2.05, 4.69) is 15.9 Å². The fourth-order valence-electron chi connectivity index (χ4n) is 6.02. The molecule has 0 bridgehead atoms. The van der Waals surface area contributed by atoms with Gasteiger partial charge in [0, 0.05) is 13.0 Å². The molecule has 1 aromatic rings. The third kappa shape index (κ3) is 2.65. The minimum Gasteiger partial charge on any atom is -0.503 e. The molecule has 3 fully saturated rings. The molecule has 5 rings (SSSR count). The van der Waals surface area contributed by atoms with Crippen LogP contribution in [-0.2, 0) is 19.2 Å². The van der Waals surface area contributed by atoms with Gasteiger partial charge in [-0.25, -0.2) is 0 Å². The Morgan fingerprint density at radius 2 is 1.79 bits per heavy atom. The minimum absolute atomic E-state index is 0.0972. The normalized spacial score (nSPS) is 36.9. The average molecular weight is 574 g/mol. The number of fused-ring (bicyclic) bond motifs is 4. The van der Waals surface area contributed by atoms with Crippen LogP contribution in [0.15, 0.2) is 28.3 Å². The van der Waals surface area contributed by atoms with Gasteiger partial charge >= 0.3 is 0 Å². The van der Waals surface area contributed by atoms with Crippen molar-refractivity contribution in [1.82, 2.24) is 9.96 Å². The summed E-state index contributed by atoms with van der Waals surface area (Å²) in [6, 6.07) is 3.05. The summed E-state index contributed by atoms with van der Waals surface area (Å²) < 4.78 is 5.53. The van der Waals surface area contributed by atoms with E-state index in [1.165, 1.54) is 20.2 Å². The van der Waals surface area contributed by atoms with Crippen LogP contribution in [0.3, 0.4) is 0 Å². The summed E-state index contributed by atoms with van der Waals surface area (Å²) >= 11 is 17.3. The van der Waals surface area contributed by atoms with Crippen LogP contribution in [-0.4, -0.2) is 67.8 Å². The second-order valence-electron chi connectivity index (χ2n) is 9.04. The topological polar surface area (TPSA) is 124 Å². The van der Waals surface area contributed by atoms with E-state index in [0.29, 0.717) is 11.1 Å². The number of hydrogen-bond acceptors (Lipinski definition) is 7. The van der Waals surface area contributed by atoms with Crippen LogP contribution in [0.4, 0.5) is 0 Å². The van der Waals surface area contributed by atoms with Gasteiger partial charge in [-0.05, 0) is 52.4 Å². The molecule has 9 nitrogen and oxygen atoms in total. The molecule has 2 N–H and O–H groups in total. The molecular formula is C22H19BrCl2N2O7. The standard InChI is InChI=1S/C22H19BrCl2N2O7/c1-26-19(31)21(24)7-11-9(3-4-10-14(11)18(30)27(33)17(10)29)15(22(21,25)20(26)32)8-5-12(23)16(28)13(6-8)34-2/h3,5-6,10-11,14-15,28,33H,4,7H2,1-2H3/t10-,11+,14-,15-,21+,22-/m0/s1. The average Bonchev–Trinajstić information content (AvgIpc) is 3.10. The van der Waals surface area contributed by atoms with Crippen molar-refractivity contribution in [2.45, 2.75) is 28.5 Å². The van der Waals surface area contributed by atoms with Crippen LogP contribution in [0.2, 0.25) is 0 Å². The molecule has 2 saturated heterocycles. The van der Waals surface area contributed by atoms with Crippen molar-refractivity contribution in [2.24, 2.45) is 17.8 Å². The quantitative estimate of drug-likeness (QED) is 0.241. The largest absolute Gasteiger partial charge is 0.503 e. The zero-order valence-corrected chi connectivity index (χ0v) is 21.0. The Hall–Kier alpha value is -2.14. The molecule has 4 amide bonds. The van der Waals surface area contributed by atoms with Crippen LogP contribution < -0.4 is 4.74 Å². The number of likely N-dealkylation sites (tertiary alicyclic amines) is 1. The van der Waals surface area contributed by atoms with E-state index in [1.807, 2.05) is 0 Å². The summed E-state index contributed by atoms with van der Waals surface area (Å²) in [5.41, 5.74) is 0.991. The Kier molecular flexibility index (Phi) is 5.16. The SMILES string of the molecule is COc1cc([C@H]2C3=CC[C@@H]4C(=O)N(O)C(=O)[C@@H]4[C@@H]3C[C@@]3(Cl)C(=O)N(C)C(=O)[C@@]23Cl)cc(Br)c1O. The highest BCUT2D eigenvalue weighted by Gasteiger charge is 2.75. The number of nitrogens with zero attached hydrogens (tertiary/aromatic N) is 2. The minimum atomic E-state index is -1.94. The predicted molar refractivity (Wildman–Crippen MR) is 121 cm³/mol. The molecule has 1 aromatic carbocycles. The van der Waals surface area contributed by atoms with Gasteiger partial charge in [0.15, 0.2) is 21.2 Å². The molecule has 2 heterocycles. The highest BCUT2D eigenvalue weighted by atomic mass is 79.9. The number of allylic oxidation sites excluding steroid dienone is 2. The Morgan fingerprint density at radius 1 is 1.12 bits per heavy atom. The zero-order chi connectivity index (χ0) is 24.9. The second kappa shape index (κ2) is 7.43. The molecule has 0 aromatic heterocycles. The Balaban J connectivity index is 1.78. The summed E-state index contributed by atoms with van der Waals surface area (Å²) in [5, 5.41) is 20.5. The van der Waals surface area contributed by atoms with Crippen molar-refractivity contribution in [1.29, 1.82) is 0 Å². The monoisotopic (exact) mass is 572 g/mol. The van der Waals surface area contributed by atoms with Crippen molar-refractivity contribution in [3.05, 3.63) is 33.8 Å².